The van der Waals surface area contributed by atoms with E-state index >= 15 is 0 Å². The fourth-order valence-corrected chi connectivity index (χ4v) is 3.10. The lowest BCUT2D eigenvalue weighted by Gasteiger charge is -2.21. The fraction of sp³-hybridized carbons (Fsp3) is 0.526. The highest BCUT2D eigenvalue weighted by Gasteiger charge is 2.11. The molecular formula is C19H28N6O2. The first kappa shape index (κ1) is 19.2. The van der Waals surface area contributed by atoms with Crippen molar-refractivity contribution in [3.63, 3.8) is 0 Å². The van der Waals surface area contributed by atoms with E-state index in [1.807, 2.05) is 18.3 Å². The molecule has 2 aromatic heterocycles. The molecule has 3 heterocycles. The van der Waals surface area contributed by atoms with Gasteiger partial charge in [-0.2, -0.15) is 5.10 Å². The molecule has 0 bridgehead atoms. The average molecular weight is 372 g/mol. The Labute approximate surface area is 159 Å². The van der Waals surface area contributed by atoms with Crippen molar-refractivity contribution in [2.45, 2.75) is 38.8 Å². The van der Waals surface area contributed by atoms with Crippen molar-refractivity contribution in [2.75, 3.05) is 37.0 Å². The molecule has 0 unspecified atom stereocenters. The van der Waals surface area contributed by atoms with Gasteiger partial charge in [-0.05, 0) is 24.5 Å². The lowest BCUT2D eigenvalue weighted by Crippen LogP contribution is -2.28. The third kappa shape index (κ3) is 5.96. The van der Waals surface area contributed by atoms with Crippen LogP contribution in [0, 0.1) is 0 Å². The highest BCUT2D eigenvalue weighted by atomic mass is 16.5. The van der Waals surface area contributed by atoms with Crippen LogP contribution in [0.15, 0.2) is 30.7 Å². The summed E-state index contributed by atoms with van der Waals surface area (Å²) in [5.41, 5.74) is 1.62. The van der Waals surface area contributed by atoms with Gasteiger partial charge in [-0.25, -0.2) is 9.78 Å². The number of anilines is 2. The zero-order valence-corrected chi connectivity index (χ0v) is 15.9. The first-order chi connectivity index (χ1) is 13.2. The summed E-state index contributed by atoms with van der Waals surface area (Å²) >= 11 is 0. The van der Waals surface area contributed by atoms with Gasteiger partial charge < -0.3 is 20.3 Å². The van der Waals surface area contributed by atoms with Crippen LogP contribution < -0.4 is 15.5 Å². The molecule has 0 spiro atoms. The van der Waals surface area contributed by atoms with Gasteiger partial charge in [-0.1, -0.05) is 18.9 Å². The molecule has 2 aromatic rings. The van der Waals surface area contributed by atoms with Gasteiger partial charge in [0.05, 0.1) is 25.0 Å². The number of hydrogen-bond acceptors (Lipinski definition) is 5. The van der Waals surface area contributed by atoms with Crippen molar-refractivity contribution >= 4 is 17.5 Å². The number of urea groups is 1. The van der Waals surface area contributed by atoms with Crippen LogP contribution in [0.3, 0.4) is 0 Å². The van der Waals surface area contributed by atoms with Crippen LogP contribution in [0.2, 0.25) is 0 Å². The van der Waals surface area contributed by atoms with E-state index in [0.717, 1.165) is 24.5 Å². The molecule has 0 radical (unpaired) electrons. The summed E-state index contributed by atoms with van der Waals surface area (Å²) in [4.78, 5) is 19.0. The van der Waals surface area contributed by atoms with Crippen LogP contribution in [-0.2, 0) is 17.8 Å². The van der Waals surface area contributed by atoms with Gasteiger partial charge in [-0.15, -0.1) is 0 Å². The Bertz CT molecular complexity index is 707. The molecule has 1 fully saturated rings. The van der Waals surface area contributed by atoms with Gasteiger partial charge in [0.1, 0.15) is 5.82 Å². The minimum Gasteiger partial charge on any atom is -0.383 e. The quantitative estimate of drug-likeness (QED) is 0.780. The number of hydrogen-bond donors (Lipinski definition) is 2. The van der Waals surface area contributed by atoms with Gasteiger partial charge in [0, 0.05) is 39.1 Å². The van der Waals surface area contributed by atoms with Crippen LogP contribution in [-0.4, -0.2) is 47.6 Å². The zero-order chi connectivity index (χ0) is 18.9. The molecule has 0 aliphatic carbocycles. The lowest BCUT2D eigenvalue weighted by atomic mass is 10.2. The maximum atomic E-state index is 12.0. The summed E-state index contributed by atoms with van der Waals surface area (Å²) in [5, 5.41) is 9.78. The second-order valence-corrected chi connectivity index (χ2v) is 6.72. The molecule has 3 rings (SSSR count). The summed E-state index contributed by atoms with van der Waals surface area (Å²) in [6.45, 7) is 3.80. The Hall–Kier alpha value is -2.61. The Balaban J connectivity index is 1.45. The number of aromatic nitrogens is 3. The summed E-state index contributed by atoms with van der Waals surface area (Å²) in [6.07, 6.45) is 10.3. The molecule has 8 heteroatoms. The molecular weight excluding hydrogens is 344 g/mol. The zero-order valence-electron chi connectivity index (χ0n) is 15.9. The lowest BCUT2D eigenvalue weighted by molar-refractivity contribution is 0.183. The predicted molar refractivity (Wildman–Crippen MR) is 105 cm³/mol. The number of pyridine rings is 1. The van der Waals surface area contributed by atoms with Crippen molar-refractivity contribution < 1.29 is 9.53 Å². The van der Waals surface area contributed by atoms with Gasteiger partial charge in [0.25, 0.3) is 0 Å². The molecule has 146 valence electrons. The molecule has 0 aromatic carbocycles. The van der Waals surface area contributed by atoms with E-state index < -0.39 is 0 Å². The number of carbonyl (C=O) groups is 1. The van der Waals surface area contributed by atoms with Crippen LogP contribution in [0.5, 0.6) is 0 Å². The smallest absolute Gasteiger partial charge is 0.319 e. The van der Waals surface area contributed by atoms with Crippen LogP contribution in [0.25, 0.3) is 0 Å². The normalized spacial score (nSPS) is 14.6. The Morgan fingerprint density at radius 2 is 2.00 bits per heavy atom. The van der Waals surface area contributed by atoms with E-state index in [9.17, 15) is 4.79 Å². The molecule has 1 saturated heterocycles. The van der Waals surface area contributed by atoms with Crippen molar-refractivity contribution in [2.24, 2.45) is 0 Å². The minimum absolute atomic E-state index is 0.266. The van der Waals surface area contributed by atoms with E-state index in [2.05, 4.69) is 25.6 Å². The molecule has 27 heavy (non-hydrogen) atoms. The van der Waals surface area contributed by atoms with Crippen molar-refractivity contribution in [1.29, 1.82) is 0 Å². The Morgan fingerprint density at radius 3 is 2.70 bits per heavy atom. The van der Waals surface area contributed by atoms with E-state index in [-0.39, 0.29) is 6.03 Å². The average Bonchev–Trinajstić information content (AvgIpc) is 2.95. The molecule has 2 N–H and O–H groups in total. The van der Waals surface area contributed by atoms with E-state index in [4.69, 9.17) is 4.74 Å². The standard InChI is InChI=1S/C19H28N6O2/c1-27-11-10-25-15-17(14-22-25)23-19(26)21-13-16-6-7-18(20-12-16)24-8-4-2-3-5-9-24/h6-7,12,14-15H,2-5,8-11,13H2,1H3,(H2,21,23,26). The molecule has 2 amide bonds. The topological polar surface area (TPSA) is 84.3 Å². The Morgan fingerprint density at radius 1 is 1.19 bits per heavy atom. The maximum Gasteiger partial charge on any atom is 0.319 e. The first-order valence-corrected chi connectivity index (χ1v) is 9.51. The van der Waals surface area contributed by atoms with Gasteiger partial charge in [-0.3, -0.25) is 4.68 Å². The number of ether oxygens (including phenoxy) is 1. The number of methoxy groups -OCH3 is 1. The van der Waals surface area contributed by atoms with Gasteiger partial charge in [0.2, 0.25) is 0 Å². The van der Waals surface area contributed by atoms with Crippen LogP contribution >= 0.6 is 0 Å². The summed E-state index contributed by atoms with van der Waals surface area (Å²) in [6, 6.07) is 3.80. The molecule has 0 atom stereocenters. The first-order valence-electron chi connectivity index (χ1n) is 9.51. The summed E-state index contributed by atoms with van der Waals surface area (Å²) in [5.74, 6) is 1.02. The van der Waals surface area contributed by atoms with Gasteiger partial charge >= 0.3 is 6.03 Å². The van der Waals surface area contributed by atoms with Crippen LogP contribution in [0.1, 0.15) is 31.2 Å². The van der Waals surface area contributed by atoms with Crippen LogP contribution in [0.4, 0.5) is 16.3 Å². The monoisotopic (exact) mass is 372 g/mol. The van der Waals surface area contributed by atoms with E-state index in [1.54, 1.807) is 24.2 Å². The largest absolute Gasteiger partial charge is 0.383 e. The number of amides is 2. The second-order valence-electron chi connectivity index (χ2n) is 6.72. The summed E-state index contributed by atoms with van der Waals surface area (Å²) < 4.78 is 6.73. The SMILES string of the molecule is COCCn1cc(NC(=O)NCc2ccc(N3CCCCCC3)nc2)cn1. The minimum atomic E-state index is -0.266. The maximum absolute atomic E-state index is 12.0. The number of rotatable bonds is 7. The number of carbonyl (C=O) groups excluding carboxylic acids is 1. The van der Waals surface area contributed by atoms with E-state index in [0.29, 0.717) is 25.4 Å². The molecule has 0 saturated carbocycles. The van der Waals surface area contributed by atoms with Crippen molar-refractivity contribution in [3.8, 4) is 0 Å². The number of nitrogens with zero attached hydrogens (tertiary/aromatic N) is 4. The summed E-state index contributed by atoms with van der Waals surface area (Å²) in [7, 11) is 1.64. The molecule has 1 aliphatic rings. The Kier molecular flexibility index (Phi) is 7.04. The molecule has 8 nitrogen and oxygen atoms in total. The number of nitrogens with one attached hydrogen (secondary N) is 2. The fourth-order valence-electron chi connectivity index (χ4n) is 3.10. The highest BCUT2D eigenvalue weighted by Crippen LogP contribution is 2.17. The van der Waals surface area contributed by atoms with Crippen molar-refractivity contribution in [1.82, 2.24) is 20.1 Å². The molecule has 1 aliphatic heterocycles. The van der Waals surface area contributed by atoms with Crippen molar-refractivity contribution in [3.05, 3.63) is 36.3 Å². The second kappa shape index (κ2) is 9.91. The highest BCUT2D eigenvalue weighted by molar-refractivity contribution is 5.88. The third-order valence-electron chi connectivity index (χ3n) is 4.61. The van der Waals surface area contributed by atoms with Gasteiger partial charge in [0.15, 0.2) is 0 Å². The third-order valence-corrected chi connectivity index (χ3v) is 4.61. The predicted octanol–water partition coefficient (Wildman–Crippen LogP) is 2.63. The van der Waals surface area contributed by atoms with E-state index in [1.165, 1.54) is 25.7 Å².